The Hall–Kier alpha value is -2.34. The fraction of sp³-hybridized carbons (Fsp3) is 0.267. The predicted molar refractivity (Wildman–Crippen MR) is 86.6 cm³/mol. The number of carbonyl (C=O) groups is 1. The third kappa shape index (κ3) is 3.28. The highest BCUT2D eigenvalue weighted by Gasteiger charge is 2.18. The van der Waals surface area contributed by atoms with E-state index in [1.807, 2.05) is 6.07 Å². The Kier molecular flexibility index (Phi) is 4.82. The summed E-state index contributed by atoms with van der Waals surface area (Å²) in [5.74, 6) is -0.122. The molecule has 22 heavy (non-hydrogen) atoms. The van der Waals surface area contributed by atoms with Gasteiger partial charge in [-0.15, -0.1) is 0 Å². The summed E-state index contributed by atoms with van der Waals surface area (Å²) in [4.78, 5) is 25.6. The van der Waals surface area contributed by atoms with Crippen LogP contribution in [-0.2, 0) is 4.79 Å². The minimum Gasteiger partial charge on any atom is -0.371 e. The van der Waals surface area contributed by atoms with E-state index in [9.17, 15) is 9.59 Å². The first kappa shape index (κ1) is 16.0. The number of amides is 1. The van der Waals surface area contributed by atoms with Crippen molar-refractivity contribution in [1.82, 2.24) is 14.7 Å². The van der Waals surface area contributed by atoms with Gasteiger partial charge in [-0.3, -0.25) is 9.59 Å². The number of rotatable bonds is 4. The van der Waals surface area contributed by atoms with Crippen LogP contribution in [0.5, 0.6) is 0 Å². The molecule has 0 aliphatic carbocycles. The molecule has 0 fully saturated rings. The highest BCUT2D eigenvalue weighted by Crippen LogP contribution is 2.17. The van der Waals surface area contributed by atoms with Crippen LogP contribution in [0.2, 0.25) is 5.02 Å². The molecule has 1 heterocycles. The van der Waals surface area contributed by atoms with Crippen LogP contribution in [0.25, 0.3) is 5.69 Å². The standard InChI is InChI=1S/C15H17ClN4O2/c1-10(14(21)19(2)3)18-12-9-17-20(15(22)13(12)16)11-7-5-4-6-8-11/h4-10,18H,1-3H3/t10-/m0/s1. The van der Waals surface area contributed by atoms with Crippen LogP contribution in [0.3, 0.4) is 0 Å². The van der Waals surface area contributed by atoms with E-state index in [4.69, 9.17) is 11.6 Å². The lowest BCUT2D eigenvalue weighted by molar-refractivity contribution is -0.129. The summed E-state index contributed by atoms with van der Waals surface area (Å²) < 4.78 is 1.21. The van der Waals surface area contributed by atoms with E-state index in [1.165, 1.54) is 15.8 Å². The molecule has 2 rings (SSSR count). The van der Waals surface area contributed by atoms with Gasteiger partial charge in [-0.2, -0.15) is 9.78 Å². The monoisotopic (exact) mass is 320 g/mol. The SMILES string of the molecule is C[C@H](Nc1cnn(-c2ccccc2)c(=O)c1Cl)C(=O)N(C)C. The van der Waals surface area contributed by atoms with Crippen molar-refractivity contribution in [2.24, 2.45) is 0 Å². The molecular formula is C15H17ClN4O2. The molecule has 0 saturated heterocycles. The first-order valence-corrected chi connectivity index (χ1v) is 7.10. The number of halogens is 1. The van der Waals surface area contributed by atoms with E-state index >= 15 is 0 Å². The molecule has 0 aliphatic rings. The Labute approximate surface area is 133 Å². The number of hydrogen-bond donors (Lipinski definition) is 1. The first-order chi connectivity index (χ1) is 10.4. The van der Waals surface area contributed by atoms with Gasteiger partial charge in [-0.25, -0.2) is 0 Å². The number of anilines is 1. The predicted octanol–water partition coefficient (Wildman–Crippen LogP) is 1.77. The molecule has 1 aromatic heterocycles. The average molecular weight is 321 g/mol. The molecule has 1 N–H and O–H groups in total. The van der Waals surface area contributed by atoms with Crippen molar-refractivity contribution in [3.8, 4) is 5.69 Å². The molecule has 7 heteroatoms. The lowest BCUT2D eigenvalue weighted by Crippen LogP contribution is -2.37. The van der Waals surface area contributed by atoms with Crippen LogP contribution in [0, 0.1) is 0 Å². The highest BCUT2D eigenvalue weighted by atomic mass is 35.5. The van der Waals surface area contributed by atoms with Crippen LogP contribution >= 0.6 is 11.6 Å². The molecular weight excluding hydrogens is 304 g/mol. The molecule has 116 valence electrons. The van der Waals surface area contributed by atoms with Crippen LogP contribution < -0.4 is 10.9 Å². The Morgan fingerprint density at radius 3 is 2.55 bits per heavy atom. The maximum Gasteiger partial charge on any atom is 0.292 e. The van der Waals surface area contributed by atoms with Gasteiger partial charge < -0.3 is 10.2 Å². The Morgan fingerprint density at radius 2 is 1.95 bits per heavy atom. The zero-order valence-electron chi connectivity index (χ0n) is 12.6. The zero-order valence-corrected chi connectivity index (χ0v) is 13.3. The molecule has 0 saturated carbocycles. The largest absolute Gasteiger partial charge is 0.371 e. The van der Waals surface area contributed by atoms with Crippen LogP contribution in [0.4, 0.5) is 5.69 Å². The molecule has 1 aromatic carbocycles. The highest BCUT2D eigenvalue weighted by molar-refractivity contribution is 6.33. The summed E-state index contributed by atoms with van der Waals surface area (Å²) in [6.45, 7) is 1.70. The van der Waals surface area contributed by atoms with Gasteiger partial charge in [0.1, 0.15) is 11.1 Å². The van der Waals surface area contributed by atoms with Gasteiger partial charge in [0.25, 0.3) is 5.56 Å². The fourth-order valence-corrected chi connectivity index (χ4v) is 2.15. The van der Waals surface area contributed by atoms with E-state index in [1.54, 1.807) is 45.3 Å². The second-order valence-corrected chi connectivity index (χ2v) is 5.40. The van der Waals surface area contributed by atoms with Gasteiger partial charge in [0.2, 0.25) is 5.91 Å². The molecule has 1 atom stereocenters. The van der Waals surface area contributed by atoms with Crippen molar-refractivity contribution in [2.45, 2.75) is 13.0 Å². The number of para-hydroxylation sites is 1. The lowest BCUT2D eigenvalue weighted by atomic mass is 10.3. The van der Waals surface area contributed by atoms with Crippen LogP contribution in [-0.4, -0.2) is 40.7 Å². The quantitative estimate of drug-likeness (QED) is 0.932. The second-order valence-electron chi connectivity index (χ2n) is 5.02. The molecule has 6 nitrogen and oxygen atoms in total. The van der Waals surface area contributed by atoms with Gasteiger partial charge in [0.05, 0.1) is 17.6 Å². The van der Waals surface area contributed by atoms with Gasteiger partial charge in [-0.1, -0.05) is 29.8 Å². The maximum atomic E-state index is 12.3. The summed E-state index contributed by atoms with van der Waals surface area (Å²) >= 11 is 6.12. The first-order valence-electron chi connectivity index (χ1n) is 6.72. The number of aromatic nitrogens is 2. The minimum absolute atomic E-state index is 0.00254. The van der Waals surface area contributed by atoms with Crippen LogP contribution in [0.15, 0.2) is 41.3 Å². The molecule has 2 aromatic rings. The third-order valence-corrected chi connectivity index (χ3v) is 3.47. The van der Waals surface area contributed by atoms with E-state index < -0.39 is 11.6 Å². The fourth-order valence-electron chi connectivity index (χ4n) is 1.97. The van der Waals surface area contributed by atoms with Gasteiger partial charge >= 0.3 is 0 Å². The summed E-state index contributed by atoms with van der Waals surface area (Å²) in [6.07, 6.45) is 1.44. The Balaban J connectivity index is 2.32. The summed E-state index contributed by atoms with van der Waals surface area (Å²) in [5.41, 5.74) is 0.516. The molecule has 0 spiro atoms. The van der Waals surface area contributed by atoms with E-state index in [0.717, 1.165) is 0 Å². The van der Waals surface area contributed by atoms with Crippen molar-refractivity contribution in [3.63, 3.8) is 0 Å². The second kappa shape index (κ2) is 6.62. The lowest BCUT2D eigenvalue weighted by Gasteiger charge is -2.19. The number of nitrogens with one attached hydrogen (secondary N) is 1. The van der Waals surface area contributed by atoms with Crippen molar-refractivity contribution in [3.05, 3.63) is 51.9 Å². The van der Waals surface area contributed by atoms with Crippen molar-refractivity contribution in [2.75, 3.05) is 19.4 Å². The zero-order chi connectivity index (χ0) is 16.3. The minimum atomic E-state index is -0.513. The Morgan fingerprint density at radius 1 is 1.32 bits per heavy atom. The van der Waals surface area contributed by atoms with Gasteiger partial charge in [0.15, 0.2) is 0 Å². The average Bonchev–Trinajstić information content (AvgIpc) is 2.52. The van der Waals surface area contributed by atoms with E-state index in [0.29, 0.717) is 11.4 Å². The van der Waals surface area contributed by atoms with Crippen molar-refractivity contribution >= 4 is 23.2 Å². The Bertz CT molecular complexity index is 728. The summed E-state index contributed by atoms with van der Waals surface area (Å²) in [6, 6.07) is 8.47. The molecule has 1 amide bonds. The number of nitrogens with zero attached hydrogens (tertiary/aromatic N) is 3. The van der Waals surface area contributed by atoms with E-state index in [-0.39, 0.29) is 10.9 Å². The topological polar surface area (TPSA) is 67.2 Å². The molecule has 0 radical (unpaired) electrons. The smallest absolute Gasteiger partial charge is 0.292 e. The molecule has 0 bridgehead atoms. The van der Waals surface area contributed by atoms with Gasteiger partial charge in [0, 0.05) is 14.1 Å². The summed E-state index contributed by atoms with van der Waals surface area (Å²) in [7, 11) is 3.32. The normalized spacial score (nSPS) is 11.8. The molecule has 0 unspecified atom stereocenters. The molecule has 0 aliphatic heterocycles. The number of carbonyl (C=O) groups excluding carboxylic acids is 1. The number of benzene rings is 1. The third-order valence-electron chi connectivity index (χ3n) is 3.10. The number of likely N-dealkylation sites (N-methyl/N-ethyl adjacent to an activating group) is 1. The number of hydrogen-bond acceptors (Lipinski definition) is 4. The van der Waals surface area contributed by atoms with Crippen molar-refractivity contribution in [1.29, 1.82) is 0 Å². The van der Waals surface area contributed by atoms with Gasteiger partial charge in [-0.05, 0) is 19.1 Å². The van der Waals surface area contributed by atoms with Crippen molar-refractivity contribution < 1.29 is 4.79 Å². The van der Waals surface area contributed by atoms with Crippen LogP contribution in [0.1, 0.15) is 6.92 Å². The summed E-state index contributed by atoms with van der Waals surface area (Å²) in [5, 5.41) is 7.01. The maximum absolute atomic E-state index is 12.3. The van der Waals surface area contributed by atoms with E-state index in [2.05, 4.69) is 10.4 Å².